The molecule has 0 bridgehead atoms. The number of aliphatic hydroxyl groups is 1. The molecule has 1 aliphatic heterocycles. The first-order chi connectivity index (χ1) is 11.4. The number of nitro benzene ring substituents is 1. The van der Waals surface area contributed by atoms with E-state index in [0.717, 1.165) is 32.7 Å². The molecule has 7 heteroatoms. The van der Waals surface area contributed by atoms with E-state index in [0.29, 0.717) is 18.2 Å². The number of nitro groups is 1. The Morgan fingerprint density at radius 2 is 1.83 bits per heavy atom. The third kappa shape index (κ3) is 6.07. The van der Waals surface area contributed by atoms with Gasteiger partial charge >= 0.3 is 0 Å². The lowest BCUT2D eigenvalue weighted by atomic mass is 10.2. The number of hydrogen-bond donors (Lipinski definition) is 1. The highest BCUT2D eigenvalue weighted by molar-refractivity contribution is 5.37. The number of ether oxygens (including phenoxy) is 1. The van der Waals surface area contributed by atoms with Crippen LogP contribution in [0.2, 0.25) is 0 Å². The van der Waals surface area contributed by atoms with Crippen LogP contribution in [0.3, 0.4) is 0 Å². The van der Waals surface area contributed by atoms with Gasteiger partial charge in [-0.3, -0.25) is 15.0 Å². The lowest BCUT2D eigenvalue weighted by Gasteiger charge is -2.36. The van der Waals surface area contributed by atoms with Crippen LogP contribution in [0.15, 0.2) is 24.3 Å². The van der Waals surface area contributed by atoms with Crippen molar-refractivity contribution < 1.29 is 14.8 Å². The molecule has 7 nitrogen and oxygen atoms in total. The summed E-state index contributed by atoms with van der Waals surface area (Å²) in [5.41, 5.74) is -0.0109. The average Bonchev–Trinajstić information content (AvgIpc) is 2.54. The molecule has 1 aliphatic rings. The van der Waals surface area contributed by atoms with E-state index in [1.165, 1.54) is 12.1 Å². The Balaban J connectivity index is 1.71. The van der Waals surface area contributed by atoms with Crippen LogP contribution in [-0.2, 0) is 0 Å². The normalized spacial score (nSPS) is 17.8. The number of hydrogen-bond acceptors (Lipinski definition) is 6. The zero-order valence-corrected chi connectivity index (χ0v) is 14.4. The SMILES string of the molecule is CC(C)CN1CCN(CC(O)COc2cccc([N+](=O)[O-])c2)CC1. The molecule has 1 saturated heterocycles. The summed E-state index contributed by atoms with van der Waals surface area (Å²) in [6.45, 7) is 10.2. The number of rotatable bonds is 8. The smallest absolute Gasteiger partial charge is 0.273 e. The molecular formula is C17H27N3O4. The van der Waals surface area contributed by atoms with Crippen LogP contribution < -0.4 is 4.74 Å². The van der Waals surface area contributed by atoms with Gasteiger partial charge in [-0.25, -0.2) is 0 Å². The van der Waals surface area contributed by atoms with Gasteiger partial charge in [0.15, 0.2) is 0 Å². The molecule has 2 rings (SSSR count). The lowest BCUT2D eigenvalue weighted by molar-refractivity contribution is -0.384. The predicted molar refractivity (Wildman–Crippen MR) is 92.3 cm³/mol. The largest absolute Gasteiger partial charge is 0.491 e. The minimum absolute atomic E-state index is 0.0109. The summed E-state index contributed by atoms with van der Waals surface area (Å²) in [5, 5.41) is 20.9. The second kappa shape index (κ2) is 8.96. The van der Waals surface area contributed by atoms with E-state index >= 15 is 0 Å². The van der Waals surface area contributed by atoms with E-state index in [2.05, 4.69) is 23.6 Å². The van der Waals surface area contributed by atoms with Crippen molar-refractivity contribution in [2.45, 2.75) is 20.0 Å². The summed E-state index contributed by atoms with van der Waals surface area (Å²) < 4.78 is 5.48. The zero-order valence-electron chi connectivity index (χ0n) is 14.4. The first kappa shape index (κ1) is 18.6. The fourth-order valence-electron chi connectivity index (χ4n) is 2.90. The predicted octanol–water partition coefficient (Wildman–Crippen LogP) is 1.61. The Morgan fingerprint density at radius 3 is 2.42 bits per heavy atom. The number of non-ortho nitro benzene ring substituents is 1. The molecule has 24 heavy (non-hydrogen) atoms. The second-order valence-electron chi connectivity index (χ2n) is 6.71. The van der Waals surface area contributed by atoms with Crippen molar-refractivity contribution in [2.75, 3.05) is 45.9 Å². The molecular weight excluding hydrogens is 310 g/mol. The molecule has 1 fully saturated rings. The molecule has 1 aromatic rings. The van der Waals surface area contributed by atoms with Crippen molar-refractivity contribution in [2.24, 2.45) is 5.92 Å². The standard InChI is InChI=1S/C17H27N3O4/c1-14(2)11-18-6-8-19(9-7-18)12-16(21)13-24-17-5-3-4-15(10-17)20(22)23/h3-5,10,14,16,21H,6-9,11-13H2,1-2H3. The highest BCUT2D eigenvalue weighted by Crippen LogP contribution is 2.19. The van der Waals surface area contributed by atoms with E-state index in [-0.39, 0.29) is 12.3 Å². The highest BCUT2D eigenvalue weighted by atomic mass is 16.6. The molecule has 0 saturated carbocycles. The van der Waals surface area contributed by atoms with E-state index in [1.54, 1.807) is 12.1 Å². The van der Waals surface area contributed by atoms with Gasteiger partial charge in [0, 0.05) is 45.3 Å². The monoisotopic (exact) mass is 337 g/mol. The van der Waals surface area contributed by atoms with Gasteiger partial charge in [-0.1, -0.05) is 19.9 Å². The molecule has 134 valence electrons. The molecule has 1 heterocycles. The van der Waals surface area contributed by atoms with E-state index < -0.39 is 11.0 Å². The Kier molecular flexibility index (Phi) is 6.96. The van der Waals surface area contributed by atoms with Gasteiger partial charge in [0.2, 0.25) is 0 Å². The van der Waals surface area contributed by atoms with Gasteiger partial charge in [0.25, 0.3) is 5.69 Å². The molecule has 0 aliphatic carbocycles. The Morgan fingerprint density at radius 1 is 1.21 bits per heavy atom. The summed E-state index contributed by atoms with van der Waals surface area (Å²) in [4.78, 5) is 15.0. The zero-order chi connectivity index (χ0) is 17.5. The van der Waals surface area contributed by atoms with Crippen LogP contribution >= 0.6 is 0 Å². The third-order valence-corrected chi connectivity index (χ3v) is 4.03. The Bertz CT molecular complexity index is 530. The number of nitrogens with zero attached hydrogens (tertiary/aromatic N) is 3. The maximum absolute atomic E-state index is 10.7. The second-order valence-corrected chi connectivity index (χ2v) is 6.71. The lowest BCUT2D eigenvalue weighted by Crippen LogP contribution is -2.49. The van der Waals surface area contributed by atoms with E-state index in [4.69, 9.17) is 4.74 Å². The molecule has 0 amide bonds. The molecule has 0 radical (unpaired) electrons. The summed E-state index contributed by atoms with van der Waals surface area (Å²) in [7, 11) is 0. The topological polar surface area (TPSA) is 79.1 Å². The van der Waals surface area contributed by atoms with Gasteiger partial charge < -0.3 is 14.7 Å². The number of piperazine rings is 1. The van der Waals surface area contributed by atoms with Crippen LogP contribution in [0, 0.1) is 16.0 Å². The summed E-state index contributed by atoms with van der Waals surface area (Å²) in [6.07, 6.45) is -0.610. The van der Waals surface area contributed by atoms with Crippen molar-refractivity contribution in [3.63, 3.8) is 0 Å². The molecule has 1 aromatic carbocycles. The van der Waals surface area contributed by atoms with Crippen molar-refractivity contribution in [1.82, 2.24) is 9.80 Å². The maximum atomic E-state index is 10.7. The Labute approximate surface area is 143 Å². The van der Waals surface area contributed by atoms with E-state index in [1.807, 2.05) is 0 Å². The van der Waals surface area contributed by atoms with Crippen LogP contribution in [0.5, 0.6) is 5.75 Å². The van der Waals surface area contributed by atoms with Crippen molar-refractivity contribution >= 4 is 5.69 Å². The quantitative estimate of drug-likeness (QED) is 0.573. The highest BCUT2D eigenvalue weighted by Gasteiger charge is 2.20. The maximum Gasteiger partial charge on any atom is 0.273 e. The summed E-state index contributed by atoms with van der Waals surface area (Å²) >= 11 is 0. The van der Waals surface area contributed by atoms with Gasteiger partial charge in [0.1, 0.15) is 18.5 Å². The molecule has 1 atom stereocenters. The molecule has 0 spiro atoms. The molecule has 1 unspecified atom stereocenters. The molecule has 0 aromatic heterocycles. The van der Waals surface area contributed by atoms with Crippen molar-refractivity contribution in [3.8, 4) is 5.75 Å². The first-order valence-corrected chi connectivity index (χ1v) is 8.44. The summed E-state index contributed by atoms with van der Waals surface area (Å²) in [6, 6.07) is 6.02. The number of benzene rings is 1. The average molecular weight is 337 g/mol. The van der Waals surface area contributed by atoms with Crippen molar-refractivity contribution in [3.05, 3.63) is 34.4 Å². The van der Waals surface area contributed by atoms with Crippen LogP contribution in [0.1, 0.15) is 13.8 Å². The minimum atomic E-state index is -0.610. The van der Waals surface area contributed by atoms with Crippen LogP contribution in [0.25, 0.3) is 0 Å². The van der Waals surface area contributed by atoms with Crippen LogP contribution in [0.4, 0.5) is 5.69 Å². The Hall–Kier alpha value is -1.70. The summed E-state index contributed by atoms with van der Waals surface area (Å²) in [5.74, 6) is 1.08. The third-order valence-electron chi connectivity index (χ3n) is 4.03. The van der Waals surface area contributed by atoms with Crippen LogP contribution in [-0.4, -0.2) is 71.8 Å². The number of β-amino-alcohol motifs (C(OH)–C–C–N with tert-alkyl or cyclic N) is 1. The first-order valence-electron chi connectivity index (χ1n) is 8.44. The van der Waals surface area contributed by atoms with Gasteiger partial charge in [-0.2, -0.15) is 0 Å². The minimum Gasteiger partial charge on any atom is -0.491 e. The van der Waals surface area contributed by atoms with Crippen molar-refractivity contribution in [1.29, 1.82) is 0 Å². The number of aliphatic hydroxyl groups excluding tert-OH is 1. The van der Waals surface area contributed by atoms with Gasteiger partial charge in [-0.05, 0) is 12.0 Å². The fraction of sp³-hybridized carbons (Fsp3) is 0.647. The van der Waals surface area contributed by atoms with Gasteiger partial charge in [0.05, 0.1) is 11.0 Å². The molecule has 1 N–H and O–H groups in total. The fourth-order valence-corrected chi connectivity index (χ4v) is 2.90. The van der Waals surface area contributed by atoms with Gasteiger partial charge in [-0.15, -0.1) is 0 Å². The van der Waals surface area contributed by atoms with E-state index in [9.17, 15) is 15.2 Å².